The summed E-state index contributed by atoms with van der Waals surface area (Å²) in [6.07, 6.45) is 6.54. The second kappa shape index (κ2) is 3.34. The van der Waals surface area contributed by atoms with Gasteiger partial charge in [-0.25, -0.2) is 4.39 Å². The highest BCUT2D eigenvalue weighted by atomic mass is 19.1. The van der Waals surface area contributed by atoms with Gasteiger partial charge in [-0.15, -0.1) is 6.42 Å². The zero-order valence-corrected chi connectivity index (χ0v) is 8.01. The lowest BCUT2D eigenvalue weighted by Crippen LogP contribution is -2.22. The fourth-order valence-electron chi connectivity index (χ4n) is 1.73. The van der Waals surface area contributed by atoms with E-state index in [-0.39, 0.29) is 11.9 Å². The number of benzene rings is 1. The molecule has 72 valence electrons. The van der Waals surface area contributed by atoms with Crippen molar-refractivity contribution in [2.24, 2.45) is 0 Å². The smallest absolute Gasteiger partial charge is 0.165 e. The van der Waals surface area contributed by atoms with Crippen molar-refractivity contribution in [2.45, 2.75) is 25.9 Å². The van der Waals surface area contributed by atoms with Crippen LogP contribution in [0.25, 0.3) is 0 Å². The molecule has 0 radical (unpaired) electrons. The van der Waals surface area contributed by atoms with Crippen LogP contribution in [0.2, 0.25) is 0 Å². The summed E-state index contributed by atoms with van der Waals surface area (Å²) in [6, 6.07) is 3.20. The maximum Gasteiger partial charge on any atom is 0.165 e. The van der Waals surface area contributed by atoms with E-state index in [9.17, 15) is 4.39 Å². The Hall–Kier alpha value is -1.49. The minimum absolute atomic E-state index is 0.279. The Bertz CT molecular complexity index is 404. The van der Waals surface area contributed by atoms with E-state index in [0.29, 0.717) is 5.75 Å². The maximum atomic E-state index is 13.4. The summed E-state index contributed by atoms with van der Waals surface area (Å²) in [5.74, 6) is 2.53. The van der Waals surface area contributed by atoms with E-state index in [1.807, 2.05) is 6.92 Å². The molecule has 0 amide bonds. The average Bonchev–Trinajstić information content (AvgIpc) is 2.23. The standard InChI is InChI=1S/C12H11FO/c1-3-9-5-6-10-8(2)4-7-11(13)12(10)14-9/h1,4,7,9H,5-6H2,2H3. The van der Waals surface area contributed by atoms with E-state index in [1.54, 1.807) is 6.07 Å². The fourth-order valence-corrected chi connectivity index (χ4v) is 1.73. The van der Waals surface area contributed by atoms with Crippen LogP contribution in [0.1, 0.15) is 17.5 Å². The first kappa shape index (κ1) is 9.08. The Morgan fingerprint density at radius 1 is 1.57 bits per heavy atom. The van der Waals surface area contributed by atoms with Crippen LogP contribution >= 0.6 is 0 Å². The molecule has 1 aliphatic rings. The average molecular weight is 190 g/mol. The molecule has 0 spiro atoms. The van der Waals surface area contributed by atoms with Crippen molar-refractivity contribution < 1.29 is 9.13 Å². The number of aryl methyl sites for hydroxylation is 1. The quantitative estimate of drug-likeness (QED) is 0.571. The highest BCUT2D eigenvalue weighted by Crippen LogP contribution is 2.32. The molecule has 0 saturated heterocycles. The summed E-state index contributed by atoms with van der Waals surface area (Å²) >= 11 is 0. The SMILES string of the molecule is C#CC1CCc2c(C)ccc(F)c2O1. The van der Waals surface area contributed by atoms with Gasteiger partial charge in [0.15, 0.2) is 17.7 Å². The number of fused-ring (bicyclic) bond motifs is 1. The minimum atomic E-state index is -0.314. The third kappa shape index (κ3) is 1.35. The van der Waals surface area contributed by atoms with Crippen molar-refractivity contribution in [1.29, 1.82) is 0 Å². The Morgan fingerprint density at radius 2 is 2.36 bits per heavy atom. The Balaban J connectivity index is 2.46. The second-order valence-electron chi connectivity index (χ2n) is 3.48. The molecular weight excluding hydrogens is 179 g/mol. The predicted octanol–water partition coefficient (Wildman–Crippen LogP) is 2.46. The van der Waals surface area contributed by atoms with E-state index in [1.165, 1.54) is 6.07 Å². The molecule has 0 bridgehead atoms. The Kier molecular flexibility index (Phi) is 2.17. The van der Waals surface area contributed by atoms with Gasteiger partial charge in [0.05, 0.1) is 0 Å². The molecule has 1 atom stereocenters. The Morgan fingerprint density at radius 3 is 3.07 bits per heavy atom. The lowest BCUT2D eigenvalue weighted by molar-refractivity contribution is 0.216. The van der Waals surface area contributed by atoms with Gasteiger partial charge in [0.25, 0.3) is 0 Å². The largest absolute Gasteiger partial charge is 0.474 e. The van der Waals surface area contributed by atoms with Crippen LogP contribution in [0.3, 0.4) is 0 Å². The molecule has 1 aromatic carbocycles. The lowest BCUT2D eigenvalue weighted by atomic mass is 9.98. The van der Waals surface area contributed by atoms with Crippen molar-refractivity contribution >= 4 is 0 Å². The molecule has 0 N–H and O–H groups in total. The van der Waals surface area contributed by atoms with E-state index >= 15 is 0 Å². The van der Waals surface area contributed by atoms with Gasteiger partial charge in [-0.1, -0.05) is 12.0 Å². The molecule has 0 fully saturated rings. The third-order valence-electron chi connectivity index (χ3n) is 2.55. The number of halogens is 1. The van der Waals surface area contributed by atoms with Gasteiger partial charge in [0.1, 0.15) is 0 Å². The molecule has 1 unspecified atom stereocenters. The van der Waals surface area contributed by atoms with Gasteiger partial charge in [-0.2, -0.15) is 0 Å². The Labute approximate surface area is 82.9 Å². The number of ether oxygens (including phenoxy) is 1. The highest BCUT2D eigenvalue weighted by Gasteiger charge is 2.22. The zero-order chi connectivity index (χ0) is 10.1. The molecule has 2 rings (SSSR count). The topological polar surface area (TPSA) is 9.23 Å². The van der Waals surface area contributed by atoms with Crippen LogP contribution in [0.4, 0.5) is 4.39 Å². The molecule has 0 saturated carbocycles. The van der Waals surface area contributed by atoms with Crippen LogP contribution in [0, 0.1) is 25.1 Å². The van der Waals surface area contributed by atoms with Gasteiger partial charge >= 0.3 is 0 Å². The van der Waals surface area contributed by atoms with E-state index in [4.69, 9.17) is 11.2 Å². The van der Waals surface area contributed by atoms with Crippen molar-refractivity contribution in [3.05, 3.63) is 29.1 Å². The normalized spacial score (nSPS) is 19.4. The summed E-state index contributed by atoms with van der Waals surface area (Å²) < 4.78 is 18.7. The summed E-state index contributed by atoms with van der Waals surface area (Å²) in [7, 11) is 0. The number of rotatable bonds is 0. The van der Waals surface area contributed by atoms with Crippen LogP contribution in [-0.4, -0.2) is 6.10 Å². The van der Waals surface area contributed by atoms with Crippen LogP contribution < -0.4 is 4.74 Å². The van der Waals surface area contributed by atoms with Crippen molar-refractivity contribution in [1.82, 2.24) is 0 Å². The molecule has 0 aliphatic carbocycles. The highest BCUT2D eigenvalue weighted by molar-refractivity contribution is 5.43. The summed E-state index contributed by atoms with van der Waals surface area (Å²) in [4.78, 5) is 0. The number of hydrogen-bond donors (Lipinski definition) is 0. The molecule has 1 aromatic rings. The van der Waals surface area contributed by atoms with E-state index < -0.39 is 0 Å². The third-order valence-corrected chi connectivity index (χ3v) is 2.55. The van der Waals surface area contributed by atoms with Crippen molar-refractivity contribution in [3.8, 4) is 18.1 Å². The predicted molar refractivity (Wildman–Crippen MR) is 52.7 cm³/mol. The molecule has 1 aliphatic heterocycles. The zero-order valence-electron chi connectivity index (χ0n) is 8.01. The van der Waals surface area contributed by atoms with E-state index in [2.05, 4.69) is 5.92 Å². The monoisotopic (exact) mass is 190 g/mol. The van der Waals surface area contributed by atoms with Crippen molar-refractivity contribution in [3.63, 3.8) is 0 Å². The summed E-state index contributed by atoms with van der Waals surface area (Å²) in [6.45, 7) is 1.96. The molecule has 1 heterocycles. The van der Waals surface area contributed by atoms with Crippen LogP contribution in [0.15, 0.2) is 12.1 Å². The second-order valence-corrected chi connectivity index (χ2v) is 3.48. The van der Waals surface area contributed by atoms with E-state index in [0.717, 1.165) is 24.0 Å². The summed E-state index contributed by atoms with van der Waals surface area (Å²) in [5.41, 5.74) is 2.02. The van der Waals surface area contributed by atoms with Crippen molar-refractivity contribution in [2.75, 3.05) is 0 Å². The first-order chi connectivity index (χ1) is 6.72. The first-order valence-corrected chi connectivity index (χ1v) is 4.63. The van der Waals surface area contributed by atoms with Gasteiger partial charge in [0.2, 0.25) is 0 Å². The molecule has 1 nitrogen and oxygen atoms in total. The van der Waals surface area contributed by atoms with Gasteiger partial charge in [-0.3, -0.25) is 0 Å². The van der Waals surface area contributed by atoms with Gasteiger partial charge < -0.3 is 4.74 Å². The van der Waals surface area contributed by atoms with Gasteiger partial charge in [-0.05, 0) is 31.4 Å². The molecule has 14 heavy (non-hydrogen) atoms. The fraction of sp³-hybridized carbons (Fsp3) is 0.333. The number of terminal acetylenes is 1. The van der Waals surface area contributed by atoms with Gasteiger partial charge in [0, 0.05) is 5.56 Å². The van der Waals surface area contributed by atoms with Crippen LogP contribution in [-0.2, 0) is 6.42 Å². The summed E-state index contributed by atoms with van der Waals surface area (Å²) in [5, 5.41) is 0. The number of hydrogen-bond acceptors (Lipinski definition) is 1. The lowest BCUT2D eigenvalue weighted by Gasteiger charge is -2.24. The molecule has 2 heteroatoms. The van der Waals surface area contributed by atoms with Crippen LogP contribution in [0.5, 0.6) is 5.75 Å². The minimum Gasteiger partial charge on any atom is -0.474 e. The maximum absolute atomic E-state index is 13.4. The first-order valence-electron chi connectivity index (χ1n) is 4.63. The molecule has 0 aromatic heterocycles. The molecular formula is C12H11FO.